The van der Waals surface area contributed by atoms with E-state index < -0.39 is 0 Å². The summed E-state index contributed by atoms with van der Waals surface area (Å²) in [7, 11) is 0. The van der Waals surface area contributed by atoms with Crippen molar-refractivity contribution in [1.29, 1.82) is 0 Å². The average molecular weight is 326 g/mol. The molecule has 116 valence electrons. The van der Waals surface area contributed by atoms with E-state index in [1.807, 2.05) is 18.2 Å². The van der Waals surface area contributed by atoms with Crippen molar-refractivity contribution in [2.24, 2.45) is 0 Å². The van der Waals surface area contributed by atoms with E-state index in [0.29, 0.717) is 22.2 Å². The quantitative estimate of drug-likeness (QED) is 0.813. The number of halogens is 1. The molecule has 2 aromatic rings. The molecule has 0 bridgehead atoms. The lowest BCUT2D eigenvalue weighted by atomic mass is 9.77. The number of hydrogen-bond acceptors (Lipinski definition) is 2. The van der Waals surface area contributed by atoms with Gasteiger partial charge in [0.1, 0.15) is 0 Å². The fourth-order valence-electron chi connectivity index (χ4n) is 3.26. The van der Waals surface area contributed by atoms with Gasteiger partial charge in [-0.15, -0.1) is 0 Å². The van der Waals surface area contributed by atoms with Gasteiger partial charge in [0.25, 0.3) is 5.91 Å². The largest absolute Gasteiger partial charge is 0.393 e. The summed E-state index contributed by atoms with van der Waals surface area (Å²) in [6.07, 6.45) is 1.53. The molecule has 0 spiro atoms. The Bertz CT molecular complexity index is 820. The molecule has 4 rings (SSSR count). The smallest absolute Gasteiger partial charge is 0.255 e. The van der Waals surface area contributed by atoms with Crippen LogP contribution < -0.4 is 5.32 Å². The summed E-state index contributed by atoms with van der Waals surface area (Å²) >= 11 is 6.38. The number of carbonyl (C=O) groups excluding carboxylic acids is 1. The van der Waals surface area contributed by atoms with E-state index in [4.69, 9.17) is 11.6 Å². The minimum Gasteiger partial charge on any atom is -0.393 e. The topological polar surface area (TPSA) is 49.3 Å². The van der Waals surface area contributed by atoms with Gasteiger partial charge in [-0.2, -0.15) is 0 Å². The Hall–Kier alpha value is -2.10. The van der Waals surface area contributed by atoms with E-state index in [1.165, 1.54) is 5.56 Å². The lowest BCUT2D eigenvalue weighted by Gasteiger charge is -2.31. The van der Waals surface area contributed by atoms with Crippen LogP contribution in [0.3, 0.4) is 0 Å². The SMILES string of the molecule is C=C1C(=O)Nc2cc(Cl)c(-c3ccc(C4CC(O)C4)cc3)cc21. The second-order valence-electron chi connectivity index (χ2n) is 6.25. The van der Waals surface area contributed by atoms with Crippen molar-refractivity contribution in [3.05, 3.63) is 59.1 Å². The summed E-state index contributed by atoms with van der Waals surface area (Å²) in [6.45, 7) is 3.83. The van der Waals surface area contributed by atoms with Crippen LogP contribution >= 0.6 is 11.6 Å². The van der Waals surface area contributed by atoms with Crippen molar-refractivity contribution in [3.8, 4) is 11.1 Å². The Morgan fingerprint density at radius 2 is 1.83 bits per heavy atom. The molecule has 1 aliphatic carbocycles. The lowest BCUT2D eigenvalue weighted by Crippen LogP contribution is -2.26. The summed E-state index contributed by atoms with van der Waals surface area (Å²) in [5.41, 5.74) is 5.14. The minimum atomic E-state index is -0.174. The van der Waals surface area contributed by atoms with Gasteiger partial charge < -0.3 is 10.4 Å². The maximum atomic E-state index is 11.7. The molecule has 1 aliphatic heterocycles. The minimum absolute atomic E-state index is 0.151. The highest BCUT2D eigenvalue weighted by atomic mass is 35.5. The van der Waals surface area contributed by atoms with Gasteiger partial charge in [-0.05, 0) is 42.0 Å². The summed E-state index contributed by atoms with van der Waals surface area (Å²) in [5.74, 6) is 0.281. The first kappa shape index (κ1) is 14.5. The van der Waals surface area contributed by atoms with Crippen LogP contribution in [0.25, 0.3) is 16.7 Å². The van der Waals surface area contributed by atoms with Crippen LogP contribution in [-0.2, 0) is 4.79 Å². The Labute approximate surface area is 139 Å². The van der Waals surface area contributed by atoms with E-state index in [-0.39, 0.29) is 12.0 Å². The first-order valence-electron chi connectivity index (χ1n) is 7.65. The highest BCUT2D eigenvalue weighted by Gasteiger charge is 2.28. The van der Waals surface area contributed by atoms with Gasteiger partial charge in [0.15, 0.2) is 0 Å². The van der Waals surface area contributed by atoms with Gasteiger partial charge in [-0.1, -0.05) is 42.4 Å². The zero-order valence-corrected chi connectivity index (χ0v) is 13.2. The van der Waals surface area contributed by atoms with Crippen LogP contribution in [0.15, 0.2) is 43.0 Å². The number of fused-ring (bicyclic) bond motifs is 1. The zero-order chi connectivity index (χ0) is 16.1. The standard InChI is InChI=1S/C19H16ClNO2/c1-10-15-8-16(17(20)9-18(15)21-19(10)23)12-4-2-11(3-5-12)13-6-14(22)7-13/h2-5,8-9,13-14,22H,1,6-7H2,(H,21,23). The highest BCUT2D eigenvalue weighted by molar-refractivity contribution is 6.36. The zero-order valence-electron chi connectivity index (χ0n) is 12.5. The third kappa shape index (κ3) is 2.37. The maximum absolute atomic E-state index is 11.7. The molecule has 23 heavy (non-hydrogen) atoms. The number of amides is 1. The van der Waals surface area contributed by atoms with Gasteiger partial charge >= 0.3 is 0 Å². The first-order valence-corrected chi connectivity index (χ1v) is 8.03. The summed E-state index contributed by atoms with van der Waals surface area (Å²) < 4.78 is 0. The van der Waals surface area contributed by atoms with E-state index in [1.54, 1.807) is 6.07 Å². The molecule has 1 heterocycles. The fourth-order valence-corrected chi connectivity index (χ4v) is 3.54. The molecule has 0 saturated heterocycles. The Balaban J connectivity index is 1.68. The van der Waals surface area contributed by atoms with E-state index in [2.05, 4.69) is 24.0 Å². The number of benzene rings is 2. The van der Waals surface area contributed by atoms with Gasteiger partial charge in [-0.25, -0.2) is 0 Å². The molecule has 0 atom stereocenters. The second kappa shape index (κ2) is 5.22. The highest BCUT2D eigenvalue weighted by Crippen LogP contribution is 2.41. The number of rotatable bonds is 2. The third-order valence-electron chi connectivity index (χ3n) is 4.76. The molecule has 4 heteroatoms. The van der Waals surface area contributed by atoms with Crippen molar-refractivity contribution in [2.75, 3.05) is 5.32 Å². The summed E-state index contributed by atoms with van der Waals surface area (Å²) in [6, 6.07) is 12.0. The molecule has 2 aromatic carbocycles. The van der Waals surface area contributed by atoms with Crippen LogP contribution in [0.2, 0.25) is 5.02 Å². The Kier molecular flexibility index (Phi) is 3.29. The number of aliphatic hydroxyl groups excluding tert-OH is 1. The first-order chi connectivity index (χ1) is 11.0. The number of anilines is 1. The number of nitrogens with one attached hydrogen (secondary N) is 1. The van der Waals surface area contributed by atoms with Gasteiger partial charge in [0, 0.05) is 16.7 Å². The van der Waals surface area contributed by atoms with E-state index in [0.717, 1.165) is 29.5 Å². The molecule has 2 N–H and O–H groups in total. The van der Waals surface area contributed by atoms with Crippen molar-refractivity contribution in [1.82, 2.24) is 0 Å². The molecule has 1 amide bonds. The van der Waals surface area contributed by atoms with E-state index in [9.17, 15) is 9.90 Å². The molecule has 0 radical (unpaired) electrons. The van der Waals surface area contributed by atoms with Crippen LogP contribution in [0.4, 0.5) is 5.69 Å². The molecule has 0 aromatic heterocycles. The van der Waals surface area contributed by atoms with Crippen LogP contribution in [0.1, 0.15) is 29.9 Å². The molecule has 1 saturated carbocycles. The van der Waals surface area contributed by atoms with Crippen molar-refractivity contribution in [3.63, 3.8) is 0 Å². The predicted molar refractivity (Wildman–Crippen MR) is 92.5 cm³/mol. The number of carbonyl (C=O) groups is 1. The number of aliphatic hydroxyl groups is 1. The fraction of sp³-hybridized carbons (Fsp3) is 0.211. The van der Waals surface area contributed by atoms with Gasteiger partial charge in [0.05, 0.1) is 16.8 Å². The normalized spacial score (nSPS) is 22.5. The summed E-state index contributed by atoms with van der Waals surface area (Å²) in [5, 5.41) is 12.8. The second-order valence-corrected chi connectivity index (χ2v) is 6.66. The van der Waals surface area contributed by atoms with Crippen LogP contribution in [-0.4, -0.2) is 17.1 Å². The molecular formula is C19H16ClNO2. The van der Waals surface area contributed by atoms with Crippen molar-refractivity contribution >= 4 is 28.8 Å². The predicted octanol–water partition coefficient (Wildman–Crippen LogP) is 4.21. The third-order valence-corrected chi connectivity index (χ3v) is 5.07. The average Bonchev–Trinajstić information content (AvgIpc) is 2.78. The number of hydrogen-bond donors (Lipinski definition) is 2. The van der Waals surface area contributed by atoms with Gasteiger partial charge in [0.2, 0.25) is 0 Å². The Morgan fingerprint density at radius 1 is 1.13 bits per heavy atom. The van der Waals surface area contributed by atoms with Crippen molar-refractivity contribution < 1.29 is 9.90 Å². The molecule has 1 fully saturated rings. The summed E-state index contributed by atoms with van der Waals surface area (Å²) in [4.78, 5) is 11.7. The van der Waals surface area contributed by atoms with Crippen LogP contribution in [0.5, 0.6) is 0 Å². The van der Waals surface area contributed by atoms with E-state index >= 15 is 0 Å². The monoisotopic (exact) mass is 325 g/mol. The maximum Gasteiger partial charge on any atom is 0.255 e. The molecular weight excluding hydrogens is 310 g/mol. The van der Waals surface area contributed by atoms with Gasteiger partial charge in [-0.3, -0.25) is 4.79 Å². The van der Waals surface area contributed by atoms with Crippen LogP contribution in [0, 0.1) is 0 Å². The Morgan fingerprint density at radius 3 is 2.48 bits per heavy atom. The molecule has 0 unspecified atom stereocenters. The lowest BCUT2D eigenvalue weighted by molar-refractivity contribution is -0.110. The molecule has 2 aliphatic rings. The van der Waals surface area contributed by atoms with Crippen molar-refractivity contribution in [2.45, 2.75) is 24.9 Å². The molecule has 3 nitrogen and oxygen atoms in total.